The molecule has 3 heterocycles. The molecule has 4 atom stereocenters. The van der Waals surface area contributed by atoms with Crippen molar-refractivity contribution in [2.75, 3.05) is 15.1 Å². The van der Waals surface area contributed by atoms with Gasteiger partial charge in [0, 0.05) is 28.0 Å². The highest BCUT2D eigenvalue weighted by Crippen LogP contribution is 2.49. The van der Waals surface area contributed by atoms with Crippen LogP contribution in [0.5, 0.6) is 0 Å². The van der Waals surface area contributed by atoms with Gasteiger partial charge in [-0.1, -0.05) is 46.3 Å². The summed E-state index contributed by atoms with van der Waals surface area (Å²) in [6.45, 7) is 0. The molecule has 0 radical (unpaired) electrons. The average Bonchev–Trinajstić information content (AvgIpc) is 3.38. The Morgan fingerprint density at radius 1 is 0.919 bits per heavy atom. The van der Waals surface area contributed by atoms with Gasteiger partial charge in [-0.05, 0) is 48.0 Å². The van der Waals surface area contributed by atoms with Gasteiger partial charge >= 0.3 is 0 Å². The van der Waals surface area contributed by atoms with E-state index in [4.69, 9.17) is 0 Å². The van der Waals surface area contributed by atoms with Gasteiger partial charge in [-0.15, -0.1) is 0 Å². The Bertz CT molecular complexity index is 1490. The molecule has 37 heavy (non-hydrogen) atoms. The molecule has 6 rings (SSSR count). The summed E-state index contributed by atoms with van der Waals surface area (Å²) >= 11 is 3.37. The number of non-ortho nitro benzene ring substituents is 1. The van der Waals surface area contributed by atoms with E-state index in [1.165, 1.54) is 29.2 Å². The third-order valence-electron chi connectivity index (χ3n) is 7.11. The van der Waals surface area contributed by atoms with Gasteiger partial charge in [-0.3, -0.25) is 24.5 Å². The van der Waals surface area contributed by atoms with Crippen LogP contribution in [0.4, 0.5) is 22.7 Å². The van der Waals surface area contributed by atoms with Crippen molar-refractivity contribution in [1.82, 2.24) is 0 Å². The molecule has 0 unspecified atom stereocenters. The van der Waals surface area contributed by atoms with Crippen LogP contribution in [0.25, 0.3) is 6.08 Å². The summed E-state index contributed by atoms with van der Waals surface area (Å²) in [4.78, 5) is 54.8. The molecule has 184 valence electrons. The van der Waals surface area contributed by atoms with Crippen molar-refractivity contribution >= 4 is 62.5 Å². The molecule has 0 aromatic heterocycles. The van der Waals surface area contributed by atoms with E-state index in [1.807, 2.05) is 41.3 Å². The van der Waals surface area contributed by atoms with Crippen molar-refractivity contribution in [2.45, 2.75) is 12.1 Å². The molecule has 3 aliphatic heterocycles. The fourth-order valence-electron chi connectivity index (χ4n) is 5.54. The van der Waals surface area contributed by atoms with E-state index >= 15 is 0 Å². The standard InChI is InChI=1S/C27H19BrN4O5/c28-16-6-10-18(11-7-16)30-26(34)22-21-14-5-15-3-1-2-4-20(15)31(21)24(23(22)27(30)35)25(33)29-17-8-12-19(13-9-17)32(36)37/h1-14,21-24H,(H,29,33)/t21-,22-,23+,24+/m1/s1. The predicted octanol–water partition coefficient (Wildman–Crippen LogP) is 4.39. The number of rotatable bonds is 4. The number of halogens is 1. The lowest BCUT2D eigenvalue weighted by Crippen LogP contribution is -2.50. The van der Waals surface area contributed by atoms with Crippen LogP contribution in [-0.4, -0.2) is 34.7 Å². The Hall–Kier alpha value is -4.31. The van der Waals surface area contributed by atoms with Crippen molar-refractivity contribution in [3.63, 3.8) is 0 Å². The molecule has 9 nitrogen and oxygen atoms in total. The van der Waals surface area contributed by atoms with Gasteiger partial charge in [0.1, 0.15) is 6.04 Å². The molecule has 0 saturated carbocycles. The third-order valence-corrected chi connectivity index (χ3v) is 7.64. The van der Waals surface area contributed by atoms with Gasteiger partial charge in [-0.25, -0.2) is 4.90 Å². The molecular weight excluding hydrogens is 540 g/mol. The topological polar surface area (TPSA) is 113 Å². The zero-order valence-electron chi connectivity index (χ0n) is 19.2. The number of imide groups is 1. The van der Waals surface area contributed by atoms with E-state index < -0.39 is 40.7 Å². The number of benzene rings is 3. The normalized spacial score (nSPS) is 23.5. The van der Waals surface area contributed by atoms with E-state index in [2.05, 4.69) is 21.2 Å². The summed E-state index contributed by atoms with van der Waals surface area (Å²) in [5, 5.41) is 13.8. The molecule has 3 aromatic rings. The first-order valence-corrected chi connectivity index (χ1v) is 12.4. The number of nitro groups is 1. The minimum atomic E-state index is -0.965. The highest BCUT2D eigenvalue weighted by Gasteiger charge is 2.64. The van der Waals surface area contributed by atoms with E-state index in [-0.39, 0.29) is 11.6 Å². The van der Waals surface area contributed by atoms with Crippen molar-refractivity contribution < 1.29 is 19.3 Å². The second-order valence-corrected chi connectivity index (χ2v) is 10.0. The van der Waals surface area contributed by atoms with E-state index in [1.54, 1.807) is 24.3 Å². The van der Waals surface area contributed by atoms with Gasteiger partial charge in [0.25, 0.3) is 5.69 Å². The van der Waals surface area contributed by atoms with Crippen molar-refractivity contribution in [2.24, 2.45) is 11.8 Å². The van der Waals surface area contributed by atoms with Gasteiger partial charge in [0.05, 0.1) is 28.5 Å². The molecule has 0 bridgehead atoms. The number of amides is 3. The largest absolute Gasteiger partial charge is 0.351 e. The Balaban J connectivity index is 1.40. The summed E-state index contributed by atoms with van der Waals surface area (Å²) in [6, 6.07) is 18.5. The fourth-order valence-corrected chi connectivity index (χ4v) is 5.81. The van der Waals surface area contributed by atoms with E-state index in [0.717, 1.165) is 15.7 Å². The van der Waals surface area contributed by atoms with Crippen LogP contribution < -0.4 is 15.1 Å². The lowest BCUT2D eigenvalue weighted by molar-refractivity contribution is -0.384. The Kier molecular flexibility index (Phi) is 5.41. The number of carbonyl (C=O) groups excluding carboxylic acids is 3. The summed E-state index contributed by atoms with van der Waals surface area (Å²) in [5.41, 5.74) is 2.36. The molecule has 3 aliphatic rings. The van der Waals surface area contributed by atoms with Crippen LogP contribution in [0.1, 0.15) is 5.56 Å². The van der Waals surface area contributed by atoms with Gasteiger partial charge in [0.15, 0.2) is 0 Å². The number of carbonyl (C=O) groups is 3. The Morgan fingerprint density at radius 2 is 1.59 bits per heavy atom. The number of para-hydroxylation sites is 1. The van der Waals surface area contributed by atoms with Gasteiger partial charge in [-0.2, -0.15) is 0 Å². The lowest BCUT2D eigenvalue weighted by atomic mass is 9.88. The smallest absolute Gasteiger partial charge is 0.269 e. The van der Waals surface area contributed by atoms with Crippen LogP contribution in [0, 0.1) is 22.0 Å². The number of hydrogen-bond acceptors (Lipinski definition) is 6. The number of hydrogen-bond donors (Lipinski definition) is 1. The quantitative estimate of drug-likeness (QED) is 0.288. The molecule has 2 fully saturated rings. The van der Waals surface area contributed by atoms with Crippen LogP contribution in [0.2, 0.25) is 0 Å². The predicted molar refractivity (Wildman–Crippen MR) is 141 cm³/mol. The van der Waals surface area contributed by atoms with Gasteiger partial charge in [0.2, 0.25) is 17.7 Å². The second-order valence-electron chi connectivity index (χ2n) is 9.09. The maximum absolute atomic E-state index is 13.8. The van der Waals surface area contributed by atoms with Crippen LogP contribution in [0.15, 0.2) is 83.3 Å². The highest BCUT2D eigenvalue weighted by molar-refractivity contribution is 9.10. The molecule has 3 amide bonds. The van der Waals surface area contributed by atoms with Crippen LogP contribution in [0.3, 0.4) is 0 Å². The number of anilines is 3. The summed E-state index contributed by atoms with van der Waals surface area (Å²) < 4.78 is 0.814. The highest BCUT2D eigenvalue weighted by atomic mass is 79.9. The minimum Gasteiger partial charge on any atom is -0.351 e. The number of nitrogens with one attached hydrogen (secondary N) is 1. The molecule has 10 heteroatoms. The third kappa shape index (κ3) is 3.63. The summed E-state index contributed by atoms with van der Waals surface area (Å²) in [6.07, 6.45) is 3.81. The molecule has 1 N–H and O–H groups in total. The SMILES string of the molecule is O=C(Nc1ccc([N+](=O)[O-])cc1)[C@@H]1[C@H]2C(=O)N(c3ccc(Br)cc3)C(=O)[C@@H]2[C@H]2C=Cc3ccccc3N21. The molecule has 3 aromatic carbocycles. The van der Waals surface area contributed by atoms with Crippen LogP contribution >= 0.6 is 15.9 Å². The first-order valence-electron chi connectivity index (χ1n) is 11.6. The Labute approximate surface area is 219 Å². The average molecular weight is 559 g/mol. The molecule has 0 aliphatic carbocycles. The van der Waals surface area contributed by atoms with Crippen LogP contribution in [-0.2, 0) is 14.4 Å². The Morgan fingerprint density at radius 3 is 2.30 bits per heavy atom. The fraction of sp³-hybridized carbons (Fsp3) is 0.148. The summed E-state index contributed by atoms with van der Waals surface area (Å²) in [7, 11) is 0. The van der Waals surface area contributed by atoms with Crippen molar-refractivity contribution in [1.29, 1.82) is 0 Å². The van der Waals surface area contributed by atoms with Crippen molar-refractivity contribution in [3.05, 3.63) is 99.0 Å². The second kappa shape index (κ2) is 8.67. The first kappa shape index (κ1) is 23.1. The molecular formula is C27H19BrN4O5. The molecule has 2 saturated heterocycles. The first-order chi connectivity index (χ1) is 17.8. The van der Waals surface area contributed by atoms with Crippen molar-refractivity contribution in [3.8, 4) is 0 Å². The number of fused-ring (bicyclic) bond motifs is 5. The summed E-state index contributed by atoms with van der Waals surface area (Å²) in [5.74, 6) is -2.89. The monoisotopic (exact) mass is 558 g/mol. The van der Waals surface area contributed by atoms with Gasteiger partial charge < -0.3 is 10.2 Å². The number of nitro benzene ring substituents is 1. The number of nitrogens with zero attached hydrogens (tertiary/aromatic N) is 3. The zero-order valence-corrected chi connectivity index (χ0v) is 20.7. The van der Waals surface area contributed by atoms with E-state index in [9.17, 15) is 24.5 Å². The maximum Gasteiger partial charge on any atom is 0.269 e. The maximum atomic E-state index is 13.8. The lowest BCUT2D eigenvalue weighted by Gasteiger charge is -2.36. The molecule has 0 spiro atoms. The van der Waals surface area contributed by atoms with E-state index in [0.29, 0.717) is 11.4 Å². The zero-order chi connectivity index (χ0) is 25.8. The minimum absolute atomic E-state index is 0.101.